The third-order valence-corrected chi connectivity index (χ3v) is 6.77. The van der Waals surface area contributed by atoms with Gasteiger partial charge in [-0.15, -0.1) is 0 Å². The predicted octanol–water partition coefficient (Wildman–Crippen LogP) is 2.54. The first-order valence-electron chi connectivity index (χ1n) is 12.6. The van der Waals surface area contributed by atoms with Crippen LogP contribution in [-0.2, 0) is 4.74 Å². The van der Waals surface area contributed by atoms with Crippen LogP contribution in [0.1, 0.15) is 42.5 Å². The number of piperidine rings is 1. The van der Waals surface area contributed by atoms with Gasteiger partial charge in [-0.2, -0.15) is 0 Å². The molecule has 0 bridgehead atoms. The van der Waals surface area contributed by atoms with E-state index < -0.39 is 0 Å². The Labute approximate surface area is 197 Å². The molecule has 3 amide bonds. The molecule has 0 atom stereocenters. The van der Waals surface area contributed by atoms with Crippen LogP contribution in [0.25, 0.3) is 0 Å². The van der Waals surface area contributed by atoms with Crippen LogP contribution in [0.2, 0.25) is 0 Å². The van der Waals surface area contributed by atoms with Crippen molar-refractivity contribution in [1.82, 2.24) is 19.6 Å². The molecular weight excluding hydrogens is 420 g/mol. The Morgan fingerprint density at radius 1 is 0.758 bits per heavy atom. The van der Waals surface area contributed by atoms with Crippen molar-refractivity contribution in [3.05, 3.63) is 29.8 Å². The molecule has 3 heterocycles. The molecule has 3 fully saturated rings. The maximum Gasteiger partial charge on any atom is 0.320 e. The predicted molar refractivity (Wildman–Crippen MR) is 127 cm³/mol. The van der Waals surface area contributed by atoms with Gasteiger partial charge in [-0.3, -0.25) is 4.79 Å². The summed E-state index contributed by atoms with van der Waals surface area (Å²) in [5.74, 6) is 0.829. The maximum atomic E-state index is 13.0. The van der Waals surface area contributed by atoms with E-state index in [1.165, 1.54) is 32.4 Å². The molecule has 3 aliphatic rings. The van der Waals surface area contributed by atoms with Crippen molar-refractivity contribution in [1.29, 1.82) is 0 Å². The van der Waals surface area contributed by atoms with Gasteiger partial charge in [0.2, 0.25) is 0 Å². The lowest BCUT2D eigenvalue weighted by Crippen LogP contribution is -2.49. The first-order valence-corrected chi connectivity index (χ1v) is 12.6. The molecule has 1 aromatic carbocycles. The minimum absolute atomic E-state index is 0.0207. The van der Waals surface area contributed by atoms with Crippen LogP contribution >= 0.6 is 0 Å². The fraction of sp³-hybridized carbons (Fsp3) is 0.680. The van der Waals surface area contributed by atoms with Crippen LogP contribution in [0, 0.1) is 0 Å². The normalized spacial score (nSPS) is 20.4. The van der Waals surface area contributed by atoms with Gasteiger partial charge in [0.15, 0.2) is 0 Å². The molecule has 0 aliphatic carbocycles. The van der Waals surface area contributed by atoms with Crippen molar-refractivity contribution in [2.24, 2.45) is 0 Å². The van der Waals surface area contributed by atoms with Crippen LogP contribution in [0.4, 0.5) is 4.79 Å². The minimum atomic E-state index is 0.0207. The summed E-state index contributed by atoms with van der Waals surface area (Å²) in [6, 6.07) is 7.54. The highest BCUT2D eigenvalue weighted by molar-refractivity contribution is 5.94. The summed E-state index contributed by atoms with van der Waals surface area (Å²) in [7, 11) is 0. The van der Waals surface area contributed by atoms with Gasteiger partial charge in [0.25, 0.3) is 5.91 Å². The van der Waals surface area contributed by atoms with E-state index in [1.54, 1.807) is 0 Å². The molecule has 0 aromatic heterocycles. The maximum absolute atomic E-state index is 13.0. The van der Waals surface area contributed by atoms with Gasteiger partial charge in [0.1, 0.15) is 5.75 Å². The fourth-order valence-corrected chi connectivity index (χ4v) is 4.80. The first kappa shape index (κ1) is 23.8. The second kappa shape index (κ2) is 12.2. The number of amides is 3. The van der Waals surface area contributed by atoms with Gasteiger partial charge < -0.3 is 29.1 Å². The van der Waals surface area contributed by atoms with Crippen LogP contribution in [0.5, 0.6) is 5.75 Å². The molecule has 33 heavy (non-hydrogen) atoms. The third kappa shape index (κ3) is 6.84. The summed E-state index contributed by atoms with van der Waals surface area (Å²) in [5.41, 5.74) is 0.670. The van der Waals surface area contributed by atoms with E-state index >= 15 is 0 Å². The average molecular weight is 459 g/mol. The summed E-state index contributed by atoms with van der Waals surface area (Å²) < 4.78 is 11.2. The van der Waals surface area contributed by atoms with Crippen molar-refractivity contribution in [2.75, 3.05) is 78.7 Å². The number of nitrogens with zero attached hydrogens (tertiary/aromatic N) is 4. The average Bonchev–Trinajstić information content (AvgIpc) is 3.14. The second-order valence-corrected chi connectivity index (χ2v) is 9.14. The van der Waals surface area contributed by atoms with Gasteiger partial charge in [0, 0.05) is 51.4 Å². The number of ether oxygens (including phenoxy) is 2. The van der Waals surface area contributed by atoms with E-state index in [9.17, 15) is 9.59 Å². The molecule has 0 spiro atoms. The van der Waals surface area contributed by atoms with Gasteiger partial charge in [-0.1, -0.05) is 6.42 Å². The summed E-state index contributed by atoms with van der Waals surface area (Å²) >= 11 is 0. The third-order valence-electron chi connectivity index (χ3n) is 6.77. The summed E-state index contributed by atoms with van der Waals surface area (Å²) in [4.78, 5) is 33.9. The number of urea groups is 1. The van der Waals surface area contributed by atoms with Crippen LogP contribution in [0.3, 0.4) is 0 Å². The zero-order valence-corrected chi connectivity index (χ0v) is 19.8. The van der Waals surface area contributed by atoms with Crippen LogP contribution < -0.4 is 4.74 Å². The highest BCUT2D eigenvalue weighted by atomic mass is 16.5. The topological polar surface area (TPSA) is 65.6 Å². The Morgan fingerprint density at radius 3 is 2.18 bits per heavy atom. The summed E-state index contributed by atoms with van der Waals surface area (Å²) in [6.45, 7) is 9.19. The van der Waals surface area contributed by atoms with E-state index in [0.717, 1.165) is 25.1 Å². The molecule has 3 aliphatic heterocycles. The van der Waals surface area contributed by atoms with E-state index in [2.05, 4.69) is 4.90 Å². The Morgan fingerprint density at radius 2 is 1.42 bits per heavy atom. The smallest absolute Gasteiger partial charge is 0.320 e. The van der Waals surface area contributed by atoms with Crippen LogP contribution in [-0.4, -0.2) is 110 Å². The highest BCUT2D eigenvalue weighted by Gasteiger charge is 2.26. The number of likely N-dealkylation sites (tertiary alicyclic amines) is 1. The Balaban J connectivity index is 1.21. The molecule has 1 aromatic rings. The van der Waals surface area contributed by atoms with Crippen molar-refractivity contribution >= 4 is 11.9 Å². The molecule has 0 radical (unpaired) electrons. The lowest BCUT2D eigenvalue weighted by molar-refractivity contribution is 0.0435. The number of rotatable bonds is 6. The number of carbonyl (C=O) groups is 2. The lowest BCUT2D eigenvalue weighted by atomic mass is 10.1. The molecule has 8 nitrogen and oxygen atoms in total. The van der Waals surface area contributed by atoms with Gasteiger partial charge in [-0.25, -0.2) is 4.79 Å². The molecular formula is C25H38N4O4. The lowest BCUT2D eigenvalue weighted by Gasteiger charge is -2.32. The van der Waals surface area contributed by atoms with E-state index in [-0.39, 0.29) is 11.9 Å². The standard InChI is InChI=1S/C25H38N4O4/c30-24(27-13-4-14-28(16-15-27)25(31)29-17-20-32-21-18-29)22-6-8-23(9-7-22)33-19-5-12-26-10-2-1-3-11-26/h6-9H,1-5,10-21H2. The van der Waals surface area contributed by atoms with Crippen molar-refractivity contribution in [3.8, 4) is 5.75 Å². The number of hydrogen-bond donors (Lipinski definition) is 0. The second-order valence-electron chi connectivity index (χ2n) is 9.14. The zero-order chi connectivity index (χ0) is 22.9. The molecule has 4 rings (SSSR count). The minimum Gasteiger partial charge on any atom is -0.494 e. The molecule has 3 saturated heterocycles. The van der Waals surface area contributed by atoms with Gasteiger partial charge in [0.05, 0.1) is 19.8 Å². The molecule has 0 N–H and O–H groups in total. The van der Waals surface area contributed by atoms with E-state index in [1.807, 2.05) is 39.0 Å². The first-order chi connectivity index (χ1) is 16.2. The van der Waals surface area contributed by atoms with Gasteiger partial charge in [-0.05, 0) is 63.0 Å². The molecule has 8 heteroatoms. The Hall–Kier alpha value is -2.32. The summed E-state index contributed by atoms with van der Waals surface area (Å²) in [5, 5.41) is 0. The van der Waals surface area contributed by atoms with E-state index in [4.69, 9.17) is 9.47 Å². The highest BCUT2D eigenvalue weighted by Crippen LogP contribution is 2.16. The molecule has 0 unspecified atom stereocenters. The number of carbonyl (C=O) groups excluding carboxylic acids is 2. The van der Waals surface area contributed by atoms with Crippen LogP contribution in [0.15, 0.2) is 24.3 Å². The quantitative estimate of drug-likeness (QED) is 0.613. The monoisotopic (exact) mass is 458 g/mol. The number of hydrogen-bond acceptors (Lipinski definition) is 5. The summed E-state index contributed by atoms with van der Waals surface area (Å²) in [6.07, 6.45) is 5.81. The van der Waals surface area contributed by atoms with E-state index in [0.29, 0.717) is 64.7 Å². The Bertz CT molecular complexity index is 760. The van der Waals surface area contributed by atoms with Crippen molar-refractivity contribution in [3.63, 3.8) is 0 Å². The molecule has 0 saturated carbocycles. The fourth-order valence-electron chi connectivity index (χ4n) is 4.80. The largest absolute Gasteiger partial charge is 0.494 e. The number of benzene rings is 1. The van der Waals surface area contributed by atoms with Crippen molar-refractivity contribution < 1.29 is 19.1 Å². The van der Waals surface area contributed by atoms with Crippen molar-refractivity contribution in [2.45, 2.75) is 32.1 Å². The Kier molecular flexibility index (Phi) is 8.83. The van der Waals surface area contributed by atoms with Gasteiger partial charge >= 0.3 is 6.03 Å². The SMILES string of the molecule is O=C(c1ccc(OCCCN2CCCCC2)cc1)N1CCCN(C(=O)N2CCOCC2)CC1. The zero-order valence-electron chi connectivity index (χ0n) is 19.8. The number of morpholine rings is 1. The molecule has 182 valence electrons.